The number of nitrogens with one attached hydrogen (secondary N) is 3. The number of nitrogens with zero attached hydrogens (tertiary/aromatic N) is 2. The van der Waals surface area contributed by atoms with Crippen LogP contribution in [0.15, 0.2) is 36.4 Å². The molecular weight excluding hydrogens is 398 g/mol. The molecule has 30 heavy (non-hydrogen) atoms. The number of aromatic nitrogens is 2. The van der Waals surface area contributed by atoms with E-state index in [2.05, 4.69) is 41.9 Å². The summed E-state index contributed by atoms with van der Waals surface area (Å²) in [6, 6.07) is 12.1. The first-order valence-electron chi connectivity index (χ1n) is 10.6. The van der Waals surface area contributed by atoms with Gasteiger partial charge in [0.25, 0.3) is 0 Å². The van der Waals surface area contributed by atoms with Crippen LogP contribution in [0.5, 0.6) is 0 Å². The van der Waals surface area contributed by atoms with Crippen LogP contribution in [0.1, 0.15) is 56.6 Å². The third kappa shape index (κ3) is 5.23. The van der Waals surface area contributed by atoms with Crippen molar-refractivity contribution in [2.45, 2.75) is 57.1 Å². The van der Waals surface area contributed by atoms with Crippen LogP contribution >= 0.6 is 11.8 Å². The van der Waals surface area contributed by atoms with Crippen molar-refractivity contribution in [2.75, 3.05) is 11.1 Å². The minimum absolute atomic E-state index is 0.00313. The molecule has 2 amide bonds. The normalized spacial score (nSPS) is 21.5. The number of amides is 2. The van der Waals surface area contributed by atoms with Crippen LogP contribution < -0.4 is 16.0 Å². The maximum absolute atomic E-state index is 12.6. The van der Waals surface area contributed by atoms with Gasteiger partial charge in [-0.1, -0.05) is 44.2 Å². The first-order chi connectivity index (χ1) is 14.5. The molecule has 2 aromatic rings. The number of carbonyl (C=O) groups is 2. The Balaban J connectivity index is 1.43. The largest absolute Gasteiger partial charge is 0.322 e. The van der Waals surface area contributed by atoms with E-state index in [4.69, 9.17) is 5.10 Å². The van der Waals surface area contributed by atoms with E-state index in [-0.39, 0.29) is 17.9 Å². The number of hydrogen-bond donors (Lipinski definition) is 3. The molecular formula is C22H29N5O2S. The minimum Gasteiger partial charge on any atom is -0.322 e. The highest BCUT2D eigenvalue weighted by atomic mass is 32.2. The number of thioether (sulfide) groups is 1. The molecule has 1 aromatic heterocycles. The van der Waals surface area contributed by atoms with Crippen LogP contribution in [-0.4, -0.2) is 33.4 Å². The van der Waals surface area contributed by atoms with E-state index < -0.39 is 6.29 Å². The molecule has 2 aliphatic rings. The van der Waals surface area contributed by atoms with Gasteiger partial charge in [-0.05, 0) is 24.3 Å². The van der Waals surface area contributed by atoms with Crippen molar-refractivity contribution in [3.63, 3.8) is 0 Å². The average molecular weight is 428 g/mol. The van der Waals surface area contributed by atoms with E-state index in [9.17, 15) is 9.59 Å². The molecule has 7 nitrogen and oxygen atoms in total. The summed E-state index contributed by atoms with van der Waals surface area (Å²) in [5, 5.41) is 14.2. The number of carbonyl (C=O) groups excluding carboxylic acids is 2. The average Bonchev–Trinajstić information content (AvgIpc) is 3.49. The van der Waals surface area contributed by atoms with Crippen LogP contribution in [0.4, 0.5) is 5.82 Å². The summed E-state index contributed by atoms with van der Waals surface area (Å²) in [7, 11) is 0. The Hall–Kier alpha value is -2.32. The van der Waals surface area contributed by atoms with Gasteiger partial charge in [0.1, 0.15) is 5.82 Å². The van der Waals surface area contributed by atoms with Crippen LogP contribution in [0.3, 0.4) is 0 Å². The molecule has 0 bridgehead atoms. The van der Waals surface area contributed by atoms with Crippen LogP contribution in [0.2, 0.25) is 0 Å². The van der Waals surface area contributed by atoms with Crippen molar-refractivity contribution in [2.24, 2.45) is 5.92 Å². The Kier molecular flexibility index (Phi) is 6.43. The molecule has 1 aliphatic carbocycles. The highest BCUT2D eigenvalue weighted by molar-refractivity contribution is 7.99. The molecule has 0 radical (unpaired) electrons. The van der Waals surface area contributed by atoms with Crippen LogP contribution in [0.25, 0.3) is 0 Å². The Labute approximate surface area is 181 Å². The van der Waals surface area contributed by atoms with Crippen molar-refractivity contribution in [1.82, 2.24) is 20.4 Å². The first-order valence-corrected chi connectivity index (χ1v) is 11.7. The summed E-state index contributed by atoms with van der Waals surface area (Å²) < 4.78 is 1.72. The van der Waals surface area contributed by atoms with E-state index >= 15 is 0 Å². The van der Waals surface area contributed by atoms with E-state index in [0.717, 1.165) is 24.3 Å². The van der Waals surface area contributed by atoms with Crippen molar-refractivity contribution >= 4 is 29.4 Å². The molecule has 1 aliphatic heterocycles. The number of anilines is 1. The molecule has 2 unspecified atom stereocenters. The fourth-order valence-corrected chi connectivity index (χ4v) is 4.36. The second kappa shape index (κ2) is 9.22. The zero-order chi connectivity index (χ0) is 21.1. The van der Waals surface area contributed by atoms with Crippen molar-refractivity contribution in [3.05, 3.63) is 47.7 Å². The summed E-state index contributed by atoms with van der Waals surface area (Å²) >= 11 is 1.58. The van der Waals surface area contributed by atoms with E-state index in [0.29, 0.717) is 29.8 Å². The van der Waals surface area contributed by atoms with Gasteiger partial charge in [-0.3, -0.25) is 14.9 Å². The number of benzene rings is 1. The van der Waals surface area contributed by atoms with Gasteiger partial charge < -0.3 is 10.6 Å². The highest BCUT2D eigenvalue weighted by Gasteiger charge is 2.33. The maximum atomic E-state index is 12.6. The van der Waals surface area contributed by atoms with Crippen LogP contribution in [-0.2, 0) is 15.3 Å². The second-order valence-corrected chi connectivity index (χ2v) is 9.38. The first kappa shape index (κ1) is 20.9. The predicted octanol–water partition coefficient (Wildman–Crippen LogP) is 3.22. The second-order valence-electron chi connectivity index (χ2n) is 8.39. The van der Waals surface area contributed by atoms with Gasteiger partial charge in [0.15, 0.2) is 6.29 Å². The van der Waals surface area contributed by atoms with Crippen LogP contribution in [0, 0.1) is 5.92 Å². The molecule has 4 rings (SSSR count). The van der Waals surface area contributed by atoms with Gasteiger partial charge >= 0.3 is 0 Å². The molecule has 2 atom stereocenters. The zero-order valence-corrected chi connectivity index (χ0v) is 18.2. The third-order valence-corrected chi connectivity index (χ3v) is 6.49. The van der Waals surface area contributed by atoms with Gasteiger partial charge in [-0.15, -0.1) is 11.8 Å². The van der Waals surface area contributed by atoms with Gasteiger partial charge in [0.05, 0.1) is 11.4 Å². The summed E-state index contributed by atoms with van der Waals surface area (Å²) in [4.78, 5) is 24.8. The molecule has 160 valence electrons. The molecule has 0 spiro atoms. The predicted molar refractivity (Wildman–Crippen MR) is 119 cm³/mol. The smallest absolute Gasteiger partial charge is 0.235 e. The van der Waals surface area contributed by atoms with E-state index in [1.165, 1.54) is 5.56 Å². The SMILES string of the molecule is CC(C)C1CC(=O)NC(n2nc(C3CC3)cc2NC(=O)CSCc2ccccc2)N1. The van der Waals surface area contributed by atoms with Gasteiger partial charge in [-0.2, -0.15) is 5.10 Å². The zero-order valence-electron chi connectivity index (χ0n) is 17.4. The standard InChI is InChI=1S/C22H29N5O2S/c1-14(2)17-11-20(28)25-22(23-17)27-19(10-18(26-27)16-8-9-16)24-21(29)13-30-12-15-6-4-3-5-7-15/h3-7,10,14,16-17,22-23H,8-9,11-13H2,1-2H3,(H,24,29)(H,25,28). The lowest BCUT2D eigenvalue weighted by atomic mass is 9.99. The van der Waals surface area contributed by atoms with Gasteiger partial charge in [0.2, 0.25) is 11.8 Å². The Morgan fingerprint density at radius 3 is 2.77 bits per heavy atom. The van der Waals surface area contributed by atoms with Crippen molar-refractivity contribution < 1.29 is 9.59 Å². The quantitative estimate of drug-likeness (QED) is 0.602. The lowest BCUT2D eigenvalue weighted by molar-refractivity contribution is -0.126. The molecule has 2 fully saturated rings. The fourth-order valence-electron chi connectivity index (χ4n) is 3.57. The lowest BCUT2D eigenvalue weighted by Crippen LogP contribution is -2.55. The Bertz CT molecular complexity index is 894. The minimum atomic E-state index is -0.460. The lowest BCUT2D eigenvalue weighted by Gasteiger charge is -2.34. The summed E-state index contributed by atoms with van der Waals surface area (Å²) in [5.74, 6) is 2.48. The molecule has 3 N–H and O–H groups in total. The fraction of sp³-hybridized carbons (Fsp3) is 0.500. The highest BCUT2D eigenvalue weighted by Crippen LogP contribution is 2.40. The van der Waals surface area contributed by atoms with Crippen molar-refractivity contribution in [3.8, 4) is 0 Å². The summed E-state index contributed by atoms with van der Waals surface area (Å²) in [5.41, 5.74) is 2.18. The Morgan fingerprint density at radius 1 is 1.30 bits per heavy atom. The summed E-state index contributed by atoms with van der Waals surface area (Å²) in [6.45, 7) is 4.19. The number of hydrogen-bond acceptors (Lipinski definition) is 5. The van der Waals surface area contributed by atoms with E-state index in [1.807, 2.05) is 24.3 Å². The molecule has 1 saturated heterocycles. The van der Waals surface area contributed by atoms with Gasteiger partial charge in [0, 0.05) is 30.2 Å². The monoisotopic (exact) mass is 427 g/mol. The van der Waals surface area contributed by atoms with Crippen molar-refractivity contribution in [1.29, 1.82) is 0 Å². The third-order valence-electron chi connectivity index (χ3n) is 5.49. The Morgan fingerprint density at radius 2 is 2.07 bits per heavy atom. The molecule has 1 aromatic carbocycles. The maximum Gasteiger partial charge on any atom is 0.235 e. The number of rotatable bonds is 8. The molecule has 2 heterocycles. The topological polar surface area (TPSA) is 88.1 Å². The molecule has 1 saturated carbocycles. The van der Waals surface area contributed by atoms with E-state index in [1.54, 1.807) is 16.4 Å². The summed E-state index contributed by atoms with van der Waals surface area (Å²) in [6.07, 6.45) is 2.23. The van der Waals surface area contributed by atoms with Gasteiger partial charge in [-0.25, -0.2) is 4.68 Å². The molecule has 8 heteroatoms.